The van der Waals surface area contributed by atoms with Crippen LogP contribution in [0.1, 0.15) is 61.4 Å². The maximum atomic E-state index is 12.5. The van der Waals surface area contributed by atoms with E-state index in [1.807, 2.05) is 6.92 Å². The summed E-state index contributed by atoms with van der Waals surface area (Å²) in [6.07, 6.45) is 1.19. The summed E-state index contributed by atoms with van der Waals surface area (Å²) in [5.41, 5.74) is 0.761. The first-order valence-electron chi connectivity index (χ1n) is 8.90. The second-order valence-corrected chi connectivity index (χ2v) is 8.11. The van der Waals surface area contributed by atoms with Gasteiger partial charge in [0, 0.05) is 19.0 Å². The molecule has 2 amide bonds. The van der Waals surface area contributed by atoms with E-state index < -0.39 is 6.09 Å². The first-order chi connectivity index (χ1) is 11.7. The minimum atomic E-state index is -0.449. The lowest BCUT2D eigenvalue weighted by Crippen LogP contribution is -2.44. The van der Waals surface area contributed by atoms with Gasteiger partial charge in [0.1, 0.15) is 4.88 Å². The summed E-state index contributed by atoms with van der Waals surface area (Å²) in [7, 11) is 0. The van der Waals surface area contributed by atoms with Crippen LogP contribution in [-0.2, 0) is 11.2 Å². The van der Waals surface area contributed by atoms with Crippen molar-refractivity contribution in [3.63, 3.8) is 0 Å². The number of nitrogens with one attached hydrogen (secondary N) is 2. The van der Waals surface area contributed by atoms with Crippen LogP contribution >= 0.6 is 11.3 Å². The fourth-order valence-electron chi connectivity index (χ4n) is 2.50. The van der Waals surface area contributed by atoms with E-state index in [0.29, 0.717) is 29.9 Å². The molecule has 25 heavy (non-hydrogen) atoms. The van der Waals surface area contributed by atoms with Crippen LogP contribution < -0.4 is 10.6 Å². The van der Waals surface area contributed by atoms with Crippen molar-refractivity contribution in [1.82, 2.24) is 15.6 Å². The number of aromatic nitrogens is 1. The van der Waals surface area contributed by atoms with E-state index in [9.17, 15) is 9.59 Å². The highest BCUT2D eigenvalue weighted by molar-refractivity contribution is 7.13. The van der Waals surface area contributed by atoms with Gasteiger partial charge in [0.2, 0.25) is 0 Å². The maximum Gasteiger partial charge on any atom is 0.407 e. The standard InChI is InChI=1S/C18H31N3O3S/c1-7-24-18(23)21-14(8-11(2)3)10-19-17(22)16-13(6)20-15(25-16)9-12(4)5/h11-12,14H,7-10H2,1-6H3,(H,19,22)(H,21,23). The molecule has 1 atom stereocenters. The third-order valence-electron chi connectivity index (χ3n) is 3.49. The van der Waals surface area contributed by atoms with Crippen molar-refractivity contribution in [2.75, 3.05) is 13.2 Å². The topological polar surface area (TPSA) is 80.3 Å². The number of rotatable bonds is 9. The average molecular weight is 370 g/mol. The van der Waals surface area contributed by atoms with E-state index in [1.54, 1.807) is 6.92 Å². The molecule has 1 aromatic rings. The zero-order valence-corrected chi connectivity index (χ0v) is 17.0. The van der Waals surface area contributed by atoms with Crippen LogP contribution in [0.5, 0.6) is 0 Å². The molecule has 6 nitrogen and oxygen atoms in total. The Morgan fingerprint density at radius 3 is 2.44 bits per heavy atom. The number of nitrogens with zero attached hydrogens (tertiary/aromatic N) is 1. The zero-order valence-electron chi connectivity index (χ0n) is 16.1. The first kappa shape index (κ1) is 21.4. The number of aryl methyl sites for hydroxylation is 1. The minimum absolute atomic E-state index is 0.135. The van der Waals surface area contributed by atoms with Crippen molar-refractivity contribution in [2.45, 2.75) is 60.4 Å². The largest absolute Gasteiger partial charge is 0.450 e. The van der Waals surface area contributed by atoms with E-state index in [4.69, 9.17) is 4.74 Å². The van der Waals surface area contributed by atoms with Crippen LogP contribution in [0, 0.1) is 18.8 Å². The van der Waals surface area contributed by atoms with Crippen molar-refractivity contribution < 1.29 is 14.3 Å². The number of carbonyl (C=O) groups excluding carboxylic acids is 2. The van der Waals surface area contributed by atoms with Crippen molar-refractivity contribution in [3.05, 3.63) is 15.6 Å². The van der Waals surface area contributed by atoms with E-state index >= 15 is 0 Å². The van der Waals surface area contributed by atoms with Crippen LogP contribution in [0.25, 0.3) is 0 Å². The molecule has 0 spiro atoms. The highest BCUT2D eigenvalue weighted by Crippen LogP contribution is 2.20. The summed E-state index contributed by atoms with van der Waals surface area (Å²) >= 11 is 1.45. The average Bonchev–Trinajstić information content (AvgIpc) is 2.83. The van der Waals surface area contributed by atoms with E-state index in [1.165, 1.54) is 11.3 Å². The Morgan fingerprint density at radius 1 is 1.20 bits per heavy atom. The summed E-state index contributed by atoms with van der Waals surface area (Å²) in [6.45, 7) is 12.7. The summed E-state index contributed by atoms with van der Waals surface area (Å²) in [4.78, 5) is 29.3. The molecule has 2 N–H and O–H groups in total. The van der Waals surface area contributed by atoms with Gasteiger partial charge in [0.05, 0.1) is 17.3 Å². The van der Waals surface area contributed by atoms with Crippen molar-refractivity contribution in [1.29, 1.82) is 0 Å². The fraction of sp³-hybridized carbons (Fsp3) is 0.722. The van der Waals surface area contributed by atoms with Gasteiger partial charge in [0.15, 0.2) is 0 Å². The van der Waals surface area contributed by atoms with Gasteiger partial charge in [0.25, 0.3) is 5.91 Å². The summed E-state index contributed by atoms with van der Waals surface area (Å²) < 4.78 is 4.93. The van der Waals surface area contributed by atoms with Crippen LogP contribution in [0.2, 0.25) is 0 Å². The van der Waals surface area contributed by atoms with Gasteiger partial charge in [-0.2, -0.15) is 0 Å². The number of carbonyl (C=O) groups is 2. The lowest BCUT2D eigenvalue weighted by atomic mass is 10.0. The number of ether oxygens (including phenoxy) is 1. The number of hydrogen-bond acceptors (Lipinski definition) is 5. The molecule has 0 radical (unpaired) electrons. The van der Waals surface area contributed by atoms with Crippen molar-refractivity contribution in [2.24, 2.45) is 11.8 Å². The lowest BCUT2D eigenvalue weighted by molar-refractivity contribution is 0.0947. The van der Waals surface area contributed by atoms with E-state index in [0.717, 1.165) is 23.5 Å². The molecule has 0 saturated carbocycles. The molecule has 0 aromatic carbocycles. The quantitative estimate of drug-likeness (QED) is 0.698. The third-order valence-corrected chi connectivity index (χ3v) is 4.67. The smallest absolute Gasteiger partial charge is 0.407 e. The normalized spacial score (nSPS) is 12.3. The summed E-state index contributed by atoms with van der Waals surface area (Å²) in [5.74, 6) is 0.765. The molecular formula is C18H31N3O3S. The van der Waals surface area contributed by atoms with Gasteiger partial charge < -0.3 is 15.4 Å². The summed E-state index contributed by atoms with van der Waals surface area (Å²) in [5, 5.41) is 6.72. The Bertz CT molecular complexity index is 570. The molecule has 0 bridgehead atoms. The molecule has 0 fully saturated rings. The molecule has 1 aromatic heterocycles. The predicted molar refractivity (Wildman–Crippen MR) is 101 cm³/mol. The van der Waals surface area contributed by atoms with Crippen molar-refractivity contribution >= 4 is 23.3 Å². The lowest BCUT2D eigenvalue weighted by Gasteiger charge is -2.20. The summed E-state index contributed by atoms with van der Waals surface area (Å²) in [6, 6.07) is -0.161. The SMILES string of the molecule is CCOC(=O)NC(CNC(=O)c1sc(CC(C)C)nc1C)CC(C)C. The van der Waals surface area contributed by atoms with Crippen LogP contribution in [0.4, 0.5) is 4.79 Å². The molecular weight excluding hydrogens is 338 g/mol. The molecule has 1 rings (SSSR count). The van der Waals surface area contributed by atoms with Crippen LogP contribution in [0.3, 0.4) is 0 Å². The molecule has 0 aliphatic heterocycles. The van der Waals surface area contributed by atoms with Gasteiger partial charge in [-0.15, -0.1) is 11.3 Å². The maximum absolute atomic E-state index is 12.5. The van der Waals surface area contributed by atoms with Gasteiger partial charge in [-0.3, -0.25) is 4.79 Å². The molecule has 1 unspecified atom stereocenters. The van der Waals surface area contributed by atoms with E-state index in [2.05, 4.69) is 43.3 Å². The number of amides is 2. The molecule has 0 saturated heterocycles. The highest BCUT2D eigenvalue weighted by atomic mass is 32.1. The number of hydrogen-bond donors (Lipinski definition) is 2. The first-order valence-corrected chi connectivity index (χ1v) is 9.72. The Labute approximate surface area is 154 Å². The minimum Gasteiger partial charge on any atom is -0.450 e. The number of thiazole rings is 1. The highest BCUT2D eigenvalue weighted by Gasteiger charge is 2.19. The van der Waals surface area contributed by atoms with Gasteiger partial charge in [-0.05, 0) is 32.1 Å². The van der Waals surface area contributed by atoms with Crippen LogP contribution in [-0.4, -0.2) is 36.2 Å². The van der Waals surface area contributed by atoms with E-state index in [-0.39, 0.29) is 11.9 Å². The molecule has 142 valence electrons. The van der Waals surface area contributed by atoms with Crippen LogP contribution in [0.15, 0.2) is 0 Å². The zero-order chi connectivity index (χ0) is 19.0. The molecule has 0 aliphatic carbocycles. The number of alkyl carbamates (subject to hydrolysis) is 1. The Hall–Kier alpha value is -1.63. The Morgan fingerprint density at radius 2 is 1.88 bits per heavy atom. The van der Waals surface area contributed by atoms with Gasteiger partial charge >= 0.3 is 6.09 Å². The third kappa shape index (κ3) is 7.86. The van der Waals surface area contributed by atoms with Gasteiger partial charge in [-0.25, -0.2) is 9.78 Å². The van der Waals surface area contributed by atoms with Gasteiger partial charge in [-0.1, -0.05) is 27.7 Å². The Kier molecular flexibility index (Phi) is 8.89. The molecule has 7 heteroatoms. The molecule has 0 aliphatic rings. The second kappa shape index (κ2) is 10.4. The fourth-order valence-corrected chi connectivity index (χ4v) is 3.69. The second-order valence-electron chi connectivity index (χ2n) is 7.02. The molecule has 1 heterocycles. The van der Waals surface area contributed by atoms with Crippen molar-refractivity contribution in [3.8, 4) is 0 Å². The monoisotopic (exact) mass is 369 g/mol. The predicted octanol–water partition coefficient (Wildman–Crippen LogP) is 3.54. The Balaban J connectivity index is 2.66.